The number of amides is 1. The molecular formula is C12H19NO4. The summed E-state index contributed by atoms with van der Waals surface area (Å²) in [4.78, 5) is 27.4. The summed E-state index contributed by atoms with van der Waals surface area (Å²) in [5.74, 6) is -0.500. The molecule has 0 heterocycles. The highest BCUT2D eigenvalue weighted by Gasteiger charge is 2.32. The maximum atomic E-state index is 11.7. The number of hydroxylamine groups is 2. The molecule has 0 radical (unpaired) electrons. The van der Waals surface area contributed by atoms with Gasteiger partial charge in [-0.1, -0.05) is 6.08 Å². The summed E-state index contributed by atoms with van der Waals surface area (Å²) in [5, 5.41) is 1.07. The second kappa shape index (κ2) is 6.93. The summed E-state index contributed by atoms with van der Waals surface area (Å²) in [6, 6.07) is -0.0224. The maximum Gasteiger partial charge on any atom is 0.443 e. The Morgan fingerprint density at radius 2 is 2.18 bits per heavy atom. The number of hydrogen-bond acceptors (Lipinski definition) is 4. The number of carbonyl (C=O) groups excluding carboxylic acids is 2. The van der Waals surface area contributed by atoms with Gasteiger partial charge in [-0.3, -0.25) is 4.79 Å². The van der Waals surface area contributed by atoms with E-state index in [9.17, 15) is 9.59 Å². The van der Waals surface area contributed by atoms with Crippen LogP contribution in [0.15, 0.2) is 12.7 Å². The first kappa shape index (κ1) is 13.5. The minimum atomic E-state index is -0.575. The minimum absolute atomic E-state index is 0.0224. The summed E-state index contributed by atoms with van der Waals surface area (Å²) in [6.45, 7) is 5.17. The van der Waals surface area contributed by atoms with E-state index < -0.39 is 12.1 Å². The van der Waals surface area contributed by atoms with Gasteiger partial charge in [-0.2, -0.15) is 0 Å². The second-order valence-corrected chi connectivity index (χ2v) is 4.04. The van der Waals surface area contributed by atoms with Crippen LogP contribution in [-0.2, 0) is 14.4 Å². The van der Waals surface area contributed by atoms with E-state index in [2.05, 4.69) is 6.58 Å². The Hall–Kier alpha value is -1.52. The van der Waals surface area contributed by atoms with Crippen LogP contribution < -0.4 is 0 Å². The largest absolute Gasteiger partial charge is 0.447 e. The van der Waals surface area contributed by atoms with Crippen molar-refractivity contribution in [2.45, 2.75) is 45.1 Å². The fourth-order valence-electron chi connectivity index (χ4n) is 1.47. The first-order chi connectivity index (χ1) is 8.15. The van der Waals surface area contributed by atoms with Gasteiger partial charge in [0.15, 0.2) is 0 Å². The molecule has 96 valence electrons. The molecule has 0 atom stereocenters. The highest BCUT2D eigenvalue weighted by Crippen LogP contribution is 2.25. The van der Waals surface area contributed by atoms with E-state index in [-0.39, 0.29) is 6.04 Å². The van der Waals surface area contributed by atoms with Crippen LogP contribution in [0.25, 0.3) is 0 Å². The van der Waals surface area contributed by atoms with Gasteiger partial charge in [-0.05, 0) is 32.1 Å². The summed E-state index contributed by atoms with van der Waals surface area (Å²) >= 11 is 0. The Bertz CT molecular complexity index is 286. The topological polar surface area (TPSA) is 55.8 Å². The van der Waals surface area contributed by atoms with E-state index >= 15 is 0 Å². The van der Waals surface area contributed by atoms with E-state index in [4.69, 9.17) is 9.57 Å². The predicted octanol–water partition coefficient (Wildman–Crippen LogP) is 2.42. The highest BCUT2D eigenvalue weighted by atomic mass is 16.8. The van der Waals surface area contributed by atoms with Crippen molar-refractivity contribution in [3.05, 3.63) is 12.7 Å². The van der Waals surface area contributed by atoms with Gasteiger partial charge in [-0.25, -0.2) is 4.79 Å². The zero-order valence-corrected chi connectivity index (χ0v) is 10.2. The molecule has 1 fully saturated rings. The minimum Gasteiger partial charge on any atom is -0.447 e. The molecule has 5 heteroatoms. The van der Waals surface area contributed by atoms with Crippen LogP contribution in [0.4, 0.5) is 4.79 Å². The van der Waals surface area contributed by atoms with Crippen LogP contribution in [0.3, 0.4) is 0 Å². The quantitative estimate of drug-likeness (QED) is 0.421. The predicted molar refractivity (Wildman–Crippen MR) is 62.0 cm³/mol. The average molecular weight is 241 g/mol. The van der Waals surface area contributed by atoms with Gasteiger partial charge in [-0.15, -0.1) is 11.6 Å². The first-order valence-electron chi connectivity index (χ1n) is 5.90. The Balaban J connectivity index is 2.36. The molecule has 5 nitrogen and oxygen atoms in total. The maximum absolute atomic E-state index is 11.7. The molecule has 1 aliphatic rings. The van der Waals surface area contributed by atoms with Crippen LogP contribution in [0, 0.1) is 0 Å². The molecule has 1 amide bonds. The number of unbranched alkanes of at least 4 members (excludes halogenated alkanes) is 1. The van der Waals surface area contributed by atoms with Gasteiger partial charge >= 0.3 is 12.1 Å². The van der Waals surface area contributed by atoms with Gasteiger partial charge in [0.2, 0.25) is 0 Å². The Morgan fingerprint density at radius 3 is 2.65 bits per heavy atom. The van der Waals surface area contributed by atoms with Crippen molar-refractivity contribution in [1.29, 1.82) is 0 Å². The third-order valence-corrected chi connectivity index (χ3v) is 2.59. The molecule has 0 aromatic heterocycles. The molecule has 0 aromatic rings. The van der Waals surface area contributed by atoms with Gasteiger partial charge in [0.05, 0.1) is 12.6 Å². The van der Waals surface area contributed by atoms with Crippen LogP contribution in [0.1, 0.15) is 39.0 Å². The normalized spacial score (nSPS) is 14.6. The lowest BCUT2D eigenvalue weighted by Crippen LogP contribution is -2.45. The van der Waals surface area contributed by atoms with Crippen molar-refractivity contribution in [2.24, 2.45) is 0 Å². The van der Waals surface area contributed by atoms with E-state index in [0.717, 1.165) is 37.2 Å². The molecule has 17 heavy (non-hydrogen) atoms. The van der Waals surface area contributed by atoms with Gasteiger partial charge in [0.25, 0.3) is 0 Å². The number of ether oxygens (including phenoxy) is 1. The molecule has 0 N–H and O–H groups in total. The molecule has 0 aromatic carbocycles. The second-order valence-electron chi connectivity index (χ2n) is 4.04. The van der Waals surface area contributed by atoms with Crippen molar-refractivity contribution in [3.8, 4) is 0 Å². The molecule has 0 unspecified atom stereocenters. The molecule has 0 saturated heterocycles. The zero-order valence-electron chi connectivity index (χ0n) is 10.2. The Morgan fingerprint density at radius 1 is 1.47 bits per heavy atom. The fraction of sp³-hybridized carbons (Fsp3) is 0.667. The highest BCUT2D eigenvalue weighted by molar-refractivity contribution is 5.71. The van der Waals surface area contributed by atoms with E-state index in [0.29, 0.717) is 6.61 Å². The Kier molecular flexibility index (Phi) is 5.52. The SMILES string of the molecule is C=CCCCOC(=O)N(OC(C)=O)C1CCC1. The van der Waals surface area contributed by atoms with Crippen LogP contribution in [0.5, 0.6) is 0 Å². The molecule has 1 saturated carbocycles. The van der Waals surface area contributed by atoms with E-state index in [1.807, 2.05) is 0 Å². The summed E-state index contributed by atoms with van der Waals surface area (Å²) in [6.07, 6.45) is 5.48. The van der Waals surface area contributed by atoms with Crippen LogP contribution in [0.2, 0.25) is 0 Å². The molecule has 0 bridgehead atoms. The van der Waals surface area contributed by atoms with Crippen molar-refractivity contribution in [1.82, 2.24) is 5.06 Å². The fourth-order valence-corrected chi connectivity index (χ4v) is 1.47. The van der Waals surface area contributed by atoms with Crippen molar-refractivity contribution < 1.29 is 19.2 Å². The summed E-state index contributed by atoms with van der Waals surface area (Å²) in [7, 11) is 0. The average Bonchev–Trinajstić information content (AvgIpc) is 2.20. The van der Waals surface area contributed by atoms with Crippen molar-refractivity contribution in [2.75, 3.05) is 6.61 Å². The lowest BCUT2D eigenvalue weighted by Gasteiger charge is -2.34. The van der Waals surface area contributed by atoms with E-state index in [1.54, 1.807) is 6.08 Å². The number of rotatable bonds is 5. The molecule has 0 aliphatic heterocycles. The third kappa shape index (κ3) is 4.46. The summed E-state index contributed by atoms with van der Waals surface area (Å²) in [5.41, 5.74) is 0. The lowest BCUT2D eigenvalue weighted by atomic mass is 9.93. The molecular weight excluding hydrogens is 222 g/mol. The standard InChI is InChI=1S/C12H19NO4/c1-3-4-5-9-16-12(15)13(17-10(2)14)11-7-6-8-11/h3,11H,1,4-9H2,2H3. The monoisotopic (exact) mass is 241 g/mol. The molecule has 1 aliphatic carbocycles. The number of allylic oxidation sites excluding steroid dienone is 1. The Labute approximate surface area is 101 Å². The van der Waals surface area contributed by atoms with E-state index in [1.165, 1.54) is 6.92 Å². The third-order valence-electron chi connectivity index (χ3n) is 2.59. The van der Waals surface area contributed by atoms with Crippen LogP contribution in [-0.4, -0.2) is 29.8 Å². The van der Waals surface area contributed by atoms with Crippen molar-refractivity contribution >= 4 is 12.1 Å². The number of hydrogen-bond donors (Lipinski definition) is 0. The number of carbonyl (C=O) groups is 2. The molecule has 1 rings (SSSR count). The van der Waals surface area contributed by atoms with Gasteiger partial charge < -0.3 is 9.57 Å². The molecule has 0 spiro atoms. The summed E-state index contributed by atoms with van der Waals surface area (Å²) < 4.78 is 5.03. The smallest absolute Gasteiger partial charge is 0.443 e. The lowest BCUT2D eigenvalue weighted by molar-refractivity contribution is -0.194. The van der Waals surface area contributed by atoms with Gasteiger partial charge in [0, 0.05) is 6.92 Å². The first-order valence-corrected chi connectivity index (χ1v) is 5.90. The number of nitrogens with zero attached hydrogens (tertiary/aromatic N) is 1. The van der Waals surface area contributed by atoms with Gasteiger partial charge in [0.1, 0.15) is 0 Å². The van der Waals surface area contributed by atoms with Crippen LogP contribution >= 0.6 is 0 Å². The zero-order chi connectivity index (χ0) is 12.7. The van der Waals surface area contributed by atoms with Crippen molar-refractivity contribution in [3.63, 3.8) is 0 Å².